The lowest BCUT2D eigenvalue weighted by molar-refractivity contribution is -0.323. The maximum atomic E-state index is 10.5. The van der Waals surface area contributed by atoms with Gasteiger partial charge in [-0.05, 0) is 23.8 Å². The van der Waals surface area contributed by atoms with Crippen LogP contribution in [-0.4, -0.2) is 126 Å². The van der Waals surface area contributed by atoms with E-state index in [0.29, 0.717) is 5.56 Å². The number of rotatable bonds is 8. The van der Waals surface area contributed by atoms with Crippen LogP contribution in [0.2, 0.25) is 0 Å². The zero-order valence-electron chi connectivity index (χ0n) is 20.9. The van der Waals surface area contributed by atoms with Crippen molar-refractivity contribution in [3.8, 4) is 23.0 Å². The topological polar surface area (TPSA) is 239 Å². The van der Waals surface area contributed by atoms with Crippen LogP contribution < -0.4 is 4.74 Å². The van der Waals surface area contributed by atoms with Crippen LogP contribution >= 0.6 is 0 Å². The molecule has 4 rings (SSSR count). The second kappa shape index (κ2) is 12.7. The molecule has 0 amide bonds. The van der Waals surface area contributed by atoms with Gasteiger partial charge in [-0.3, -0.25) is 0 Å². The Bertz CT molecular complexity index is 1150. The number of phenols is 3. The van der Waals surface area contributed by atoms with E-state index < -0.39 is 80.4 Å². The van der Waals surface area contributed by atoms with Crippen molar-refractivity contribution in [3.05, 3.63) is 47.5 Å². The van der Waals surface area contributed by atoms with Crippen LogP contribution in [0.25, 0.3) is 12.2 Å². The fraction of sp³-hybridized carbons (Fsp3) is 0.462. The molecule has 40 heavy (non-hydrogen) atoms. The lowest BCUT2D eigenvalue weighted by atomic mass is 9.98. The van der Waals surface area contributed by atoms with Gasteiger partial charge in [-0.2, -0.15) is 0 Å². The fourth-order valence-corrected chi connectivity index (χ4v) is 4.31. The van der Waals surface area contributed by atoms with E-state index in [1.54, 1.807) is 18.2 Å². The molecule has 0 aromatic heterocycles. The first-order valence-corrected chi connectivity index (χ1v) is 12.3. The molecule has 0 bridgehead atoms. The Morgan fingerprint density at radius 1 is 0.675 bits per heavy atom. The Kier molecular flexibility index (Phi) is 9.48. The quantitative estimate of drug-likeness (QED) is 0.155. The van der Waals surface area contributed by atoms with Crippen molar-refractivity contribution in [2.75, 3.05) is 13.2 Å². The van der Waals surface area contributed by atoms with E-state index in [1.807, 2.05) is 0 Å². The molecule has 0 saturated carbocycles. The van der Waals surface area contributed by atoms with E-state index in [4.69, 9.17) is 18.9 Å². The number of hydrogen-bond acceptors (Lipinski definition) is 14. The van der Waals surface area contributed by atoms with Crippen LogP contribution in [0.15, 0.2) is 36.4 Å². The summed E-state index contributed by atoms with van der Waals surface area (Å²) in [5.41, 5.74) is 0.806. The molecule has 14 heteroatoms. The molecule has 0 aliphatic carbocycles. The van der Waals surface area contributed by atoms with E-state index in [2.05, 4.69) is 0 Å². The summed E-state index contributed by atoms with van der Waals surface area (Å²) in [5, 5.41) is 101. The van der Waals surface area contributed by atoms with Crippen molar-refractivity contribution in [3.63, 3.8) is 0 Å². The SMILES string of the molecule is OC[C@H]1O[C@H](OC[C@H]2O[C@H](Oc3c(O)cc(O)cc3C=Cc3ccc(O)cc3)[C@H](O)[C@@H](O)[C@@H]2O)[C@H](O)[C@@H](O)[C@@H]1O. The van der Waals surface area contributed by atoms with Crippen molar-refractivity contribution in [2.24, 2.45) is 0 Å². The van der Waals surface area contributed by atoms with E-state index in [-0.39, 0.29) is 22.8 Å². The molecule has 220 valence electrons. The van der Waals surface area contributed by atoms with Gasteiger partial charge in [0.05, 0.1) is 13.2 Å². The number of phenolic OH excluding ortho intramolecular Hbond substituents is 3. The summed E-state index contributed by atoms with van der Waals surface area (Å²) >= 11 is 0. The van der Waals surface area contributed by atoms with E-state index in [9.17, 15) is 51.1 Å². The van der Waals surface area contributed by atoms with Gasteiger partial charge in [0, 0.05) is 11.6 Å². The van der Waals surface area contributed by atoms with E-state index in [1.165, 1.54) is 24.3 Å². The summed E-state index contributed by atoms with van der Waals surface area (Å²) in [5.74, 6) is -1.02. The maximum absolute atomic E-state index is 10.5. The zero-order valence-corrected chi connectivity index (χ0v) is 20.9. The highest BCUT2D eigenvalue weighted by molar-refractivity contribution is 5.75. The predicted octanol–water partition coefficient (Wildman–Crippen LogP) is -2.02. The number of aliphatic hydroxyl groups is 7. The van der Waals surface area contributed by atoms with Gasteiger partial charge in [0.25, 0.3) is 0 Å². The highest BCUT2D eigenvalue weighted by atomic mass is 16.7. The van der Waals surface area contributed by atoms with E-state index in [0.717, 1.165) is 6.07 Å². The molecule has 0 unspecified atom stereocenters. The zero-order chi connectivity index (χ0) is 29.1. The third kappa shape index (κ3) is 6.47. The molecule has 2 saturated heterocycles. The van der Waals surface area contributed by atoms with Crippen LogP contribution in [0.3, 0.4) is 0 Å². The maximum Gasteiger partial charge on any atom is 0.229 e. The number of aliphatic hydroxyl groups excluding tert-OH is 7. The second-order valence-corrected chi connectivity index (χ2v) is 9.47. The Hall–Kier alpha value is -3.02. The van der Waals surface area contributed by atoms with Gasteiger partial charge in [-0.15, -0.1) is 0 Å². The van der Waals surface area contributed by atoms with Crippen molar-refractivity contribution in [1.29, 1.82) is 0 Å². The van der Waals surface area contributed by atoms with Crippen LogP contribution in [0.1, 0.15) is 11.1 Å². The van der Waals surface area contributed by atoms with Crippen LogP contribution in [0.4, 0.5) is 0 Å². The predicted molar refractivity (Wildman–Crippen MR) is 134 cm³/mol. The van der Waals surface area contributed by atoms with Gasteiger partial charge >= 0.3 is 0 Å². The van der Waals surface area contributed by atoms with Gasteiger partial charge in [0.1, 0.15) is 60.3 Å². The normalized spacial score (nSPS) is 34.7. The summed E-state index contributed by atoms with van der Waals surface area (Å²) in [6.07, 6.45) is -13.1. The molecular formula is C26H32O14. The van der Waals surface area contributed by atoms with Gasteiger partial charge in [-0.1, -0.05) is 24.3 Å². The summed E-state index contributed by atoms with van der Waals surface area (Å²) in [7, 11) is 0. The van der Waals surface area contributed by atoms with Crippen LogP contribution in [0, 0.1) is 0 Å². The molecular weight excluding hydrogens is 536 g/mol. The Labute approximate surface area is 227 Å². The lowest BCUT2D eigenvalue weighted by Gasteiger charge is -2.42. The molecule has 2 aliphatic rings. The molecule has 2 aliphatic heterocycles. The monoisotopic (exact) mass is 568 g/mol. The molecule has 0 spiro atoms. The number of benzene rings is 2. The molecule has 2 fully saturated rings. The highest BCUT2D eigenvalue weighted by Crippen LogP contribution is 2.38. The van der Waals surface area contributed by atoms with Crippen molar-refractivity contribution in [2.45, 2.75) is 61.4 Å². The first kappa shape index (κ1) is 30.0. The first-order chi connectivity index (χ1) is 19.0. The van der Waals surface area contributed by atoms with Crippen LogP contribution in [-0.2, 0) is 14.2 Å². The van der Waals surface area contributed by atoms with Crippen LogP contribution in [0.5, 0.6) is 23.0 Å². The Morgan fingerprint density at radius 2 is 1.27 bits per heavy atom. The summed E-state index contributed by atoms with van der Waals surface area (Å²) in [4.78, 5) is 0. The largest absolute Gasteiger partial charge is 0.508 e. The Morgan fingerprint density at radius 3 is 1.93 bits per heavy atom. The molecule has 2 aromatic carbocycles. The number of ether oxygens (including phenoxy) is 4. The van der Waals surface area contributed by atoms with Gasteiger partial charge in [0.15, 0.2) is 17.8 Å². The molecule has 2 heterocycles. The minimum absolute atomic E-state index is 0.0606. The minimum Gasteiger partial charge on any atom is -0.508 e. The van der Waals surface area contributed by atoms with Gasteiger partial charge in [-0.25, -0.2) is 0 Å². The first-order valence-electron chi connectivity index (χ1n) is 12.3. The number of hydrogen-bond donors (Lipinski definition) is 10. The second-order valence-electron chi connectivity index (χ2n) is 9.47. The summed E-state index contributed by atoms with van der Waals surface area (Å²) in [6, 6.07) is 8.38. The smallest absolute Gasteiger partial charge is 0.229 e. The fourth-order valence-electron chi connectivity index (χ4n) is 4.31. The Balaban J connectivity index is 1.50. The third-order valence-electron chi connectivity index (χ3n) is 6.61. The van der Waals surface area contributed by atoms with Crippen molar-refractivity contribution < 1.29 is 70.0 Å². The van der Waals surface area contributed by atoms with Gasteiger partial charge in [0.2, 0.25) is 6.29 Å². The molecule has 2 aromatic rings. The van der Waals surface area contributed by atoms with E-state index >= 15 is 0 Å². The lowest BCUT2D eigenvalue weighted by Crippen LogP contribution is -2.62. The third-order valence-corrected chi connectivity index (χ3v) is 6.61. The minimum atomic E-state index is -1.81. The summed E-state index contributed by atoms with van der Waals surface area (Å²) < 4.78 is 21.9. The standard InChI is InChI=1S/C26H32O14/c27-9-16-18(31)20(33)22(35)25(38-16)37-10-17-19(32)21(34)23(36)26(39-17)40-24-12(7-14(29)8-15(24)30)4-1-11-2-5-13(28)6-3-11/h1-8,16-23,25-36H,9-10H2/t16-,17-,18-,19-,20+,21+,22-,23-,25+,26-/m1/s1. The molecule has 10 atom stereocenters. The molecule has 10 N–H and O–H groups in total. The average Bonchev–Trinajstić information content (AvgIpc) is 2.93. The number of aromatic hydroxyl groups is 3. The molecule has 14 nitrogen and oxygen atoms in total. The summed E-state index contributed by atoms with van der Waals surface area (Å²) in [6.45, 7) is -1.25. The highest BCUT2D eigenvalue weighted by Gasteiger charge is 2.48. The molecule has 0 radical (unpaired) electrons. The van der Waals surface area contributed by atoms with Crippen molar-refractivity contribution >= 4 is 12.2 Å². The average molecular weight is 569 g/mol. The van der Waals surface area contributed by atoms with Gasteiger partial charge < -0.3 is 70.0 Å². The van der Waals surface area contributed by atoms with Crippen molar-refractivity contribution in [1.82, 2.24) is 0 Å².